The maximum atomic E-state index is 12.8. The van der Waals surface area contributed by atoms with Gasteiger partial charge in [-0.3, -0.25) is 9.80 Å². The Kier molecular flexibility index (Phi) is 4.23. The number of para-hydroxylation sites is 1. The van der Waals surface area contributed by atoms with Gasteiger partial charge in [0.25, 0.3) is 0 Å². The number of nitrogens with two attached hydrogens (primary N) is 1. The Morgan fingerprint density at radius 1 is 1.31 bits per heavy atom. The second-order valence-electron chi connectivity index (χ2n) is 7.26. The van der Waals surface area contributed by atoms with E-state index in [4.69, 9.17) is 5.73 Å². The molecule has 2 aromatic rings. The first-order valence-corrected chi connectivity index (χ1v) is 9.42. The molecule has 136 valence electrons. The minimum Gasteiger partial charge on any atom is -0.385 e. The molecule has 1 atom stereocenters. The lowest BCUT2D eigenvalue weighted by atomic mass is 9.86. The lowest BCUT2D eigenvalue weighted by Gasteiger charge is -2.39. The summed E-state index contributed by atoms with van der Waals surface area (Å²) in [5.74, 6) is 1.41. The number of benzene rings is 1. The highest BCUT2D eigenvalue weighted by Crippen LogP contribution is 2.49. The molecule has 26 heavy (non-hydrogen) atoms. The highest BCUT2D eigenvalue weighted by molar-refractivity contribution is 5.97. The van der Waals surface area contributed by atoms with Crippen LogP contribution in [0.4, 0.5) is 11.5 Å². The first-order chi connectivity index (χ1) is 12.6. The largest absolute Gasteiger partial charge is 0.385 e. The van der Waals surface area contributed by atoms with Crippen molar-refractivity contribution >= 4 is 17.3 Å². The smallest absolute Gasteiger partial charge is 0.164 e. The van der Waals surface area contributed by atoms with Crippen molar-refractivity contribution < 1.29 is 4.79 Å². The molecule has 5 heteroatoms. The van der Waals surface area contributed by atoms with E-state index < -0.39 is 0 Å². The highest BCUT2D eigenvalue weighted by Gasteiger charge is 2.50. The fourth-order valence-electron chi connectivity index (χ4n) is 4.05. The molecule has 3 N–H and O–H groups in total. The molecular weight excluding hydrogens is 324 g/mol. The van der Waals surface area contributed by atoms with Crippen molar-refractivity contribution in [2.75, 3.05) is 10.7 Å². The van der Waals surface area contributed by atoms with E-state index in [9.17, 15) is 4.79 Å². The van der Waals surface area contributed by atoms with Crippen LogP contribution in [0.5, 0.6) is 0 Å². The van der Waals surface area contributed by atoms with Crippen LogP contribution in [0.1, 0.15) is 43.0 Å². The summed E-state index contributed by atoms with van der Waals surface area (Å²) in [6.45, 7) is 2.80. The van der Waals surface area contributed by atoms with Crippen LogP contribution in [0, 0.1) is 5.92 Å². The molecule has 0 saturated heterocycles. The van der Waals surface area contributed by atoms with Gasteiger partial charge in [0, 0.05) is 30.9 Å². The number of anilines is 2. The number of Topliss-reactive ketones (excluding diaryl/α,β-unsaturated/α-hetero) is 1. The van der Waals surface area contributed by atoms with E-state index in [1.807, 2.05) is 42.1 Å². The Bertz CT molecular complexity index is 822. The molecule has 0 bridgehead atoms. The van der Waals surface area contributed by atoms with Crippen molar-refractivity contribution in [3.63, 3.8) is 0 Å². The monoisotopic (exact) mass is 350 g/mol. The van der Waals surface area contributed by atoms with Gasteiger partial charge in [-0.05, 0) is 56.4 Å². The molecule has 2 aliphatic rings. The number of nitrogen functional groups attached to an aromatic ring is 1. The highest BCUT2D eigenvalue weighted by atomic mass is 16.1. The second kappa shape index (κ2) is 6.56. The summed E-state index contributed by atoms with van der Waals surface area (Å²) in [5, 5.41) is 2.24. The summed E-state index contributed by atoms with van der Waals surface area (Å²) in [6, 6.07) is 12.1. The number of carbonyl (C=O) groups excluding carboxylic acids is 1. The molecule has 0 amide bonds. The molecular formula is C21H26N4O. The molecule has 5 nitrogen and oxygen atoms in total. The van der Waals surface area contributed by atoms with Crippen molar-refractivity contribution in [2.24, 2.45) is 5.92 Å². The van der Waals surface area contributed by atoms with E-state index >= 15 is 0 Å². The predicted octanol–water partition coefficient (Wildman–Crippen LogP) is 3.74. The lowest BCUT2D eigenvalue weighted by Crippen LogP contribution is -2.51. The summed E-state index contributed by atoms with van der Waals surface area (Å²) >= 11 is 0. The number of aryl methyl sites for hydroxylation is 1. The van der Waals surface area contributed by atoms with Gasteiger partial charge in [-0.2, -0.15) is 0 Å². The van der Waals surface area contributed by atoms with Gasteiger partial charge in [0.1, 0.15) is 5.82 Å². The topological polar surface area (TPSA) is 63.3 Å². The zero-order valence-corrected chi connectivity index (χ0v) is 15.2. The van der Waals surface area contributed by atoms with Gasteiger partial charge in [0.15, 0.2) is 5.78 Å². The Labute approximate surface area is 154 Å². The fraction of sp³-hybridized carbons (Fsp3) is 0.381. The van der Waals surface area contributed by atoms with Crippen molar-refractivity contribution in [3.05, 3.63) is 60.4 Å². The summed E-state index contributed by atoms with van der Waals surface area (Å²) in [5.41, 5.74) is 11.1. The van der Waals surface area contributed by atoms with Crippen LogP contribution in [-0.2, 0) is 6.54 Å². The molecule has 0 radical (unpaired) electrons. The van der Waals surface area contributed by atoms with Crippen molar-refractivity contribution in [1.82, 2.24) is 9.99 Å². The third-order valence-corrected chi connectivity index (χ3v) is 5.64. The van der Waals surface area contributed by atoms with E-state index in [2.05, 4.69) is 28.6 Å². The van der Waals surface area contributed by atoms with Gasteiger partial charge >= 0.3 is 0 Å². The van der Waals surface area contributed by atoms with Crippen LogP contribution in [0.2, 0.25) is 0 Å². The summed E-state index contributed by atoms with van der Waals surface area (Å²) < 4.78 is 1.91. The molecule has 1 aliphatic heterocycles. The summed E-state index contributed by atoms with van der Waals surface area (Å²) in [4.78, 5) is 12.8. The van der Waals surface area contributed by atoms with E-state index in [1.54, 1.807) is 6.07 Å². The first-order valence-electron chi connectivity index (χ1n) is 9.42. The molecule has 4 rings (SSSR count). The number of nitrogens with zero attached hydrogens (tertiary/aromatic N) is 2. The minimum atomic E-state index is -0.129. The van der Waals surface area contributed by atoms with Gasteiger partial charge in [-0.25, -0.2) is 0 Å². The molecule has 1 aliphatic carbocycles. The molecule has 1 saturated carbocycles. The number of hydrogen-bond acceptors (Lipinski definition) is 4. The van der Waals surface area contributed by atoms with Crippen LogP contribution < -0.4 is 16.2 Å². The third-order valence-electron chi connectivity index (χ3n) is 5.64. The number of nitrogens with one attached hydrogen (secondary N) is 1. The van der Waals surface area contributed by atoms with Crippen LogP contribution in [0.25, 0.3) is 0 Å². The maximum Gasteiger partial charge on any atom is 0.164 e. The van der Waals surface area contributed by atoms with Crippen LogP contribution in [0.15, 0.2) is 54.9 Å². The van der Waals surface area contributed by atoms with E-state index in [-0.39, 0.29) is 11.3 Å². The van der Waals surface area contributed by atoms with Crippen molar-refractivity contribution in [2.45, 2.75) is 44.7 Å². The zero-order valence-electron chi connectivity index (χ0n) is 15.2. The predicted molar refractivity (Wildman–Crippen MR) is 105 cm³/mol. The quantitative estimate of drug-likeness (QED) is 0.747. The van der Waals surface area contributed by atoms with Gasteiger partial charge in [-0.1, -0.05) is 18.2 Å². The minimum absolute atomic E-state index is 0.129. The average Bonchev–Trinajstić information content (AvgIpc) is 3.33. The molecule has 1 unspecified atom stereocenters. The molecule has 1 aromatic heterocycles. The first kappa shape index (κ1) is 16.8. The van der Waals surface area contributed by atoms with E-state index in [0.29, 0.717) is 18.2 Å². The molecule has 1 aromatic carbocycles. The van der Waals surface area contributed by atoms with Crippen molar-refractivity contribution in [1.29, 1.82) is 0 Å². The average molecular weight is 350 g/mol. The Morgan fingerprint density at radius 2 is 2.08 bits per heavy atom. The number of hydrogen-bond donors (Lipinski definition) is 2. The van der Waals surface area contributed by atoms with Crippen LogP contribution >= 0.6 is 0 Å². The summed E-state index contributed by atoms with van der Waals surface area (Å²) in [6.07, 6.45) is 9.87. The van der Waals surface area contributed by atoms with Gasteiger partial charge in [-0.15, -0.1) is 0 Å². The standard InChI is InChI=1S/C21H26N4O/c1-2-24-15-16(14-20(24)22)19(26)10-11-21(17-8-9-17)12-13-23-25(21)18-6-4-3-5-7-18/h3-7,12-15,17,23H,2,8-11,22H2,1H3. The van der Waals surface area contributed by atoms with Gasteiger partial charge in [0.05, 0.1) is 11.2 Å². The molecule has 0 spiro atoms. The summed E-state index contributed by atoms with van der Waals surface area (Å²) in [7, 11) is 0. The number of ketones is 1. The normalized spacial score (nSPS) is 21.8. The molecule has 1 fully saturated rings. The second-order valence-corrected chi connectivity index (χ2v) is 7.26. The van der Waals surface area contributed by atoms with Crippen LogP contribution in [-0.4, -0.2) is 15.9 Å². The lowest BCUT2D eigenvalue weighted by molar-refractivity contribution is 0.0971. The van der Waals surface area contributed by atoms with E-state index in [1.165, 1.54) is 12.8 Å². The molecule has 2 heterocycles. The zero-order chi connectivity index (χ0) is 18.1. The number of rotatable bonds is 7. The van der Waals surface area contributed by atoms with Crippen molar-refractivity contribution in [3.8, 4) is 0 Å². The number of hydrazine groups is 1. The van der Waals surface area contributed by atoms with E-state index in [0.717, 1.165) is 24.2 Å². The fourth-order valence-corrected chi connectivity index (χ4v) is 4.05. The Balaban J connectivity index is 1.53. The van der Waals surface area contributed by atoms with Crippen LogP contribution in [0.3, 0.4) is 0 Å². The van der Waals surface area contributed by atoms with Gasteiger partial charge in [0.2, 0.25) is 0 Å². The number of aromatic nitrogens is 1. The SMILES string of the molecule is CCn1cc(C(=O)CCC2(C3CC3)C=CNN2c2ccccc2)cc1N. The number of carbonyl (C=O) groups is 1. The van der Waals surface area contributed by atoms with Gasteiger partial charge < -0.3 is 15.7 Å². The Hall–Kier alpha value is -2.69. The third kappa shape index (κ3) is 2.87. The Morgan fingerprint density at radius 3 is 2.73 bits per heavy atom. The maximum absolute atomic E-state index is 12.8.